The highest BCUT2D eigenvalue weighted by molar-refractivity contribution is 7.98. The molecule has 1 aliphatic heterocycles. The molecule has 2 N–H and O–H groups in total. The zero-order chi connectivity index (χ0) is 17.3. The van der Waals surface area contributed by atoms with Crippen molar-refractivity contribution in [1.29, 1.82) is 0 Å². The number of nitrogens with zero attached hydrogens (tertiary/aromatic N) is 3. The summed E-state index contributed by atoms with van der Waals surface area (Å²) in [6.07, 6.45) is 2.52. The van der Waals surface area contributed by atoms with Gasteiger partial charge in [0.1, 0.15) is 0 Å². The number of H-pyrrole nitrogens is 1. The lowest BCUT2D eigenvalue weighted by Gasteiger charge is -2.27. The summed E-state index contributed by atoms with van der Waals surface area (Å²) >= 11 is 1.40. The monoisotopic (exact) mass is 348 g/mol. The molecule has 0 aliphatic carbocycles. The smallest absolute Gasteiger partial charge is 0.311 e. The van der Waals surface area contributed by atoms with Crippen LogP contribution >= 0.6 is 11.8 Å². The van der Waals surface area contributed by atoms with Crippen LogP contribution in [0.5, 0.6) is 5.75 Å². The van der Waals surface area contributed by atoms with E-state index in [1.165, 1.54) is 23.9 Å². The quantitative estimate of drug-likeness (QED) is 0.374. The van der Waals surface area contributed by atoms with Crippen molar-refractivity contribution < 1.29 is 10.0 Å². The predicted octanol–water partition coefficient (Wildman–Crippen LogP) is 1.66. The molecule has 0 radical (unpaired) electrons. The number of rotatable bonds is 4. The number of nitro benzene ring substituents is 1. The highest BCUT2D eigenvalue weighted by Crippen LogP contribution is 2.27. The first kappa shape index (κ1) is 16.5. The summed E-state index contributed by atoms with van der Waals surface area (Å²) in [7, 11) is 0. The van der Waals surface area contributed by atoms with Gasteiger partial charge in [-0.3, -0.25) is 19.8 Å². The van der Waals surface area contributed by atoms with E-state index in [4.69, 9.17) is 0 Å². The minimum atomic E-state index is -0.608. The van der Waals surface area contributed by atoms with Crippen LogP contribution < -0.4 is 5.56 Å². The van der Waals surface area contributed by atoms with Gasteiger partial charge in [-0.25, -0.2) is 4.98 Å². The Labute approximate surface area is 141 Å². The number of aromatic amines is 1. The number of phenols is 1. The number of thioether (sulfide) groups is 1. The number of aromatic hydroxyl groups is 1. The SMILES string of the molecule is CSc1nc2c(c(=O)[nH]1)CN(Cc1ccc(O)c([N+](=O)[O-])c1)CC2. The first-order chi connectivity index (χ1) is 11.5. The summed E-state index contributed by atoms with van der Waals surface area (Å²) in [6.45, 7) is 1.62. The van der Waals surface area contributed by atoms with Gasteiger partial charge >= 0.3 is 5.69 Å². The van der Waals surface area contributed by atoms with Crippen molar-refractivity contribution in [2.75, 3.05) is 12.8 Å². The van der Waals surface area contributed by atoms with Crippen LogP contribution in [-0.4, -0.2) is 37.7 Å². The van der Waals surface area contributed by atoms with Gasteiger partial charge in [0.15, 0.2) is 10.9 Å². The fraction of sp³-hybridized carbons (Fsp3) is 0.333. The molecule has 8 nitrogen and oxygen atoms in total. The molecule has 0 amide bonds. The van der Waals surface area contributed by atoms with E-state index in [1.54, 1.807) is 6.07 Å². The first-order valence-electron chi connectivity index (χ1n) is 7.32. The summed E-state index contributed by atoms with van der Waals surface area (Å²) in [5.41, 5.74) is 1.73. The van der Waals surface area contributed by atoms with E-state index in [9.17, 15) is 20.0 Å². The van der Waals surface area contributed by atoms with Crippen molar-refractivity contribution >= 4 is 17.4 Å². The second kappa shape index (κ2) is 6.62. The molecule has 0 bridgehead atoms. The van der Waals surface area contributed by atoms with Crippen molar-refractivity contribution in [3.63, 3.8) is 0 Å². The molecule has 1 aromatic heterocycles. The second-order valence-corrected chi connectivity index (χ2v) is 6.34. The van der Waals surface area contributed by atoms with Crippen LogP contribution in [-0.2, 0) is 19.5 Å². The summed E-state index contributed by atoms with van der Waals surface area (Å²) in [4.78, 5) is 31.7. The fourth-order valence-corrected chi connectivity index (χ4v) is 3.16. The number of hydrogen-bond acceptors (Lipinski definition) is 7. The van der Waals surface area contributed by atoms with Crippen LogP contribution in [0.1, 0.15) is 16.8 Å². The van der Waals surface area contributed by atoms with Crippen LogP contribution in [0, 0.1) is 10.1 Å². The molecule has 0 fully saturated rings. The zero-order valence-electron chi connectivity index (χ0n) is 13.0. The number of hydrogen-bond donors (Lipinski definition) is 2. The molecule has 0 saturated carbocycles. The lowest BCUT2D eigenvalue weighted by molar-refractivity contribution is -0.385. The second-order valence-electron chi connectivity index (χ2n) is 5.54. The number of nitrogens with one attached hydrogen (secondary N) is 1. The van der Waals surface area contributed by atoms with E-state index in [-0.39, 0.29) is 17.0 Å². The van der Waals surface area contributed by atoms with Gasteiger partial charge in [-0.1, -0.05) is 17.8 Å². The lowest BCUT2D eigenvalue weighted by Crippen LogP contribution is -2.35. The fourth-order valence-electron chi connectivity index (χ4n) is 2.76. The molecule has 9 heteroatoms. The van der Waals surface area contributed by atoms with Crippen molar-refractivity contribution in [3.8, 4) is 5.75 Å². The number of benzene rings is 1. The number of aromatic nitrogens is 2. The lowest BCUT2D eigenvalue weighted by atomic mass is 10.1. The predicted molar refractivity (Wildman–Crippen MR) is 89.2 cm³/mol. The Balaban J connectivity index is 1.81. The molecule has 126 valence electrons. The van der Waals surface area contributed by atoms with Gasteiger partial charge in [0, 0.05) is 32.1 Å². The Kier molecular flexibility index (Phi) is 4.54. The van der Waals surface area contributed by atoms with Gasteiger partial charge in [0.05, 0.1) is 16.2 Å². The number of fused-ring (bicyclic) bond motifs is 1. The maximum atomic E-state index is 12.2. The molecular formula is C15H16N4O4S. The van der Waals surface area contributed by atoms with Gasteiger partial charge in [-0.2, -0.15) is 0 Å². The maximum absolute atomic E-state index is 12.2. The largest absolute Gasteiger partial charge is 0.502 e. The van der Waals surface area contributed by atoms with Gasteiger partial charge < -0.3 is 10.1 Å². The zero-order valence-corrected chi connectivity index (χ0v) is 13.8. The Morgan fingerprint density at radius 1 is 1.50 bits per heavy atom. The molecule has 1 aliphatic rings. The van der Waals surface area contributed by atoms with E-state index in [1.807, 2.05) is 11.2 Å². The van der Waals surface area contributed by atoms with E-state index in [0.29, 0.717) is 42.3 Å². The third kappa shape index (κ3) is 3.26. The molecule has 0 atom stereocenters. The van der Waals surface area contributed by atoms with Crippen LogP contribution in [0.15, 0.2) is 28.2 Å². The topological polar surface area (TPSA) is 112 Å². The third-order valence-electron chi connectivity index (χ3n) is 3.96. The van der Waals surface area contributed by atoms with E-state index < -0.39 is 4.92 Å². The number of nitro groups is 1. The van der Waals surface area contributed by atoms with Crippen molar-refractivity contribution in [1.82, 2.24) is 14.9 Å². The van der Waals surface area contributed by atoms with Gasteiger partial charge in [0.25, 0.3) is 5.56 Å². The maximum Gasteiger partial charge on any atom is 0.311 e. The normalized spacial score (nSPS) is 14.4. The molecule has 2 heterocycles. The Morgan fingerprint density at radius 2 is 2.29 bits per heavy atom. The minimum Gasteiger partial charge on any atom is -0.502 e. The van der Waals surface area contributed by atoms with E-state index in [0.717, 1.165) is 5.69 Å². The summed E-state index contributed by atoms with van der Waals surface area (Å²) in [5, 5.41) is 21.0. The van der Waals surface area contributed by atoms with Crippen LogP contribution in [0.25, 0.3) is 0 Å². The van der Waals surface area contributed by atoms with E-state index in [2.05, 4.69) is 9.97 Å². The Hall–Kier alpha value is -2.39. The van der Waals surface area contributed by atoms with Gasteiger partial charge in [0.2, 0.25) is 0 Å². The summed E-state index contributed by atoms with van der Waals surface area (Å²) in [6, 6.07) is 4.34. The molecule has 24 heavy (non-hydrogen) atoms. The van der Waals surface area contributed by atoms with Gasteiger partial charge in [-0.15, -0.1) is 0 Å². The molecule has 0 spiro atoms. The van der Waals surface area contributed by atoms with Crippen LogP contribution in [0.2, 0.25) is 0 Å². The van der Waals surface area contributed by atoms with Gasteiger partial charge in [-0.05, 0) is 17.9 Å². The molecule has 0 saturated heterocycles. The van der Waals surface area contributed by atoms with Crippen molar-refractivity contribution in [2.24, 2.45) is 0 Å². The Morgan fingerprint density at radius 3 is 3.00 bits per heavy atom. The molecular weight excluding hydrogens is 332 g/mol. The van der Waals surface area contributed by atoms with Crippen molar-refractivity contribution in [3.05, 3.63) is 55.5 Å². The molecule has 2 aromatic rings. The highest BCUT2D eigenvalue weighted by Gasteiger charge is 2.22. The standard InChI is InChI=1S/C15H16N4O4S/c1-24-15-16-11-4-5-18(8-10(11)14(21)17-15)7-9-2-3-13(20)12(6-9)19(22)23/h2-3,6,20H,4-5,7-8H2,1H3,(H,16,17,21). The molecule has 0 unspecified atom stereocenters. The summed E-state index contributed by atoms with van der Waals surface area (Å²) < 4.78 is 0. The number of phenolic OH excluding ortho intramolecular Hbond substituents is 1. The average molecular weight is 348 g/mol. The summed E-state index contributed by atoms with van der Waals surface area (Å²) in [5.74, 6) is -0.349. The third-order valence-corrected chi connectivity index (χ3v) is 4.54. The molecule has 1 aromatic carbocycles. The minimum absolute atomic E-state index is 0.134. The van der Waals surface area contributed by atoms with Crippen molar-refractivity contribution in [2.45, 2.75) is 24.7 Å². The average Bonchev–Trinajstić information content (AvgIpc) is 2.56. The Bertz CT molecular complexity index is 852. The van der Waals surface area contributed by atoms with Crippen LogP contribution in [0.3, 0.4) is 0 Å². The highest BCUT2D eigenvalue weighted by atomic mass is 32.2. The van der Waals surface area contributed by atoms with Crippen LogP contribution in [0.4, 0.5) is 5.69 Å². The molecule has 3 rings (SSSR count). The first-order valence-corrected chi connectivity index (χ1v) is 8.55. The van der Waals surface area contributed by atoms with E-state index >= 15 is 0 Å².